The Hall–Kier alpha value is -1.95. The maximum Gasteiger partial charge on any atom is 0.161 e. The number of rotatable bonds is 5. The lowest BCUT2D eigenvalue weighted by molar-refractivity contribution is -0.107. The highest BCUT2D eigenvalue weighted by Gasteiger charge is 2.50. The summed E-state index contributed by atoms with van der Waals surface area (Å²) in [5, 5.41) is 3.74. The minimum atomic E-state index is -2.01. The molecule has 0 N–H and O–H groups in total. The summed E-state index contributed by atoms with van der Waals surface area (Å²) >= 11 is 0. The highest BCUT2D eigenvalue weighted by atomic mass is 35.5. The summed E-state index contributed by atoms with van der Waals surface area (Å²) in [4.78, 5) is 11.9. The summed E-state index contributed by atoms with van der Waals surface area (Å²) in [6.45, 7) is 2.05. The Morgan fingerprint density at radius 1 is 0.667 bits per heavy atom. The Morgan fingerprint density at radius 2 is 0.958 bits per heavy atom. The van der Waals surface area contributed by atoms with E-state index in [0.29, 0.717) is 0 Å². The Balaban J connectivity index is 0.00000208. The molecule has 3 aromatic carbocycles. The van der Waals surface area contributed by atoms with Crippen LogP contribution in [-0.4, -0.2) is 11.9 Å². The summed E-state index contributed by atoms with van der Waals surface area (Å²) in [6, 6.07) is 31.4. The summed E-state index contributed by atoms with van der Waals surface area (Å²) in [5.41, 5.74) is -0.0744. The minimum Gasteiger partial charge on any atom is -1.00 e. The highest BCUT2D eigenvalue weighted by Crippen LogP contribution is 2.58. The van der Waals surface area contributed by atoms with Crippen molar-refractivity contribution in [1.82, 2.24) is 0 Å². The summed E-state index contributed by atoms with van der Waals surface area (Å²) in [7, 11) is -2.01. The lowest BCUT2D eigenvalue weighted by atomic mass is 10.3. The maximum absolute atomic E-state index is 11.9. The standard InChI is InChI=1S/C21H20OP.ClH/c1-18(17-22)23(19-11-5-2-6-12-19,20-13-7-3-8-14-20)21-15-9-4-10-16-21;/h2-18H,1H3;1H/q+1;/p-1. The van der Waals surface area contributed by atoms with Gasteiger partial charge in [-0.2, -0.15) is 0 Å². The van der Waals surface area contributed by atoms with Gasteiger partial charge in [0.2, 0.25) is 0 Å². The largest absolute Gasteiger partial charge is 1.00 e. The van der Waals surface area contributed by atoms with Crippen LogP contribution >= 0.6 is 7.26 Å². The average molecular weight is 355 g/mol. The molecule has 0 spiro atoms. The smallest absolute Gasteiger partial charge is 0.161 e. The molecule has 3 aromatic rings. The van der Waals surface area contributed by atoms with Gasteiger partial charge in [0.25, 0.3) is 0 Å². The van der Waals surface area contributed by atoms with Crippen LogP contribution in [0.1, 0.15) is 6.92 Å². The number of hydrogen-bond donors (Lipinski definition) is 0. The van der Waals surface area contributed by atoms with Crippen LogP contribution < -0.4 is 28.3 Å². The van der Waals surface area contributed by atoms with Crippen LogP contribution in [0.25, 0.3) is 0 Å². The lowest BCUT2D eigenvalue weighted by Crippen LogP contribution is -3.00. The Bertz CT molecular complexity index is 663. The summed E-state index contributed by atoms with van der Waals surface area (Å²) in [6.07, 6.45) is 1.11. The monoisotopic (exact) mass is 354 g/mol. The number of hydrogen-bond acceptors (Lipinski definition) is 1. The third-order valence-corrected chi connectivity index (χ3v) is 8.98. The second-order valence-corrected chi connectivity index (χ2v) is 9.42. The van der Waals surface area contributed by atoms with E-state index in [1.54, 1.807) is 0 Å². The third-order valence-electron chi connectivity index (χ3n) is 4.30. The molecular formula is C21H20ClOP. The Kier molecular flexibility index (Phi) is 6.31. The lowest BCUT2D eigenvalue weighted by Gasteiger charge is -2.30. The SMILES string of the molecule is CC(C=O)[P+](c1ccccc1)(c1ccccc1)c1ccccc1.[Cl-]. The molecule has 122 valence electrons. The fourth-order valence-corrected chi connectivity index (χ4v) is 7.65. The molecule has 1 nitrogen and oxygen atoms in total. The predicted octanol–water partition coefficient (Wildman–Crippen LogP) is 0.572. The zero-order chi connectivity index (χ0) is 16.1. The van der Waals surface area contributed by atoms with Crippen molar-refractivity contribution in [2.75, 3.05) is 0 Å². The third kappa shape index (κ3) is 3.15. The number of benzene rings is 3. The topological polar surface area (TPSA) is 17.1 Å². The van der Waals surface area contributed by atoms with Crippen LogP contribution in [-0.2, 0) is 4.79 Å². The zero-order valence-corrected chi connectivity index (χ0v) is 15.2. The van der Waals surface area contributed by atoms with Crippen molar-refractivity contribution >= 4 is 29.5 Å². The Morgan fingerprint density at radius 3 is 1.21 bits per heavy atom. The van der Waals surface area contributed by atoms with Gasteiger partial charge in [-0.1, -0.05) is 54.6 Å². The quantitative estimate of drug-likeness (QED) is 0.484. The van der Waals surface area contributed by atoms with Crippen LogP contribution in [0.15, 0.2) is 91.0 Å². The van der Waals surface area contributed by atoms with Crippen LogP contribution in [0.5, 0.6) is 0 Å². The van der Waals surface area contributed by atoms with Gasteiger partial charge in [0.05, 0.1) is 0 Å². The van der Waals surface area contributed by atoms with E-state index in [4.69, 9.17) is 0 Å². The summed E-state index contributed by atoms with van der Waals surface area (Å²) < 4.78 is 0. The van der Waals surface area contributed by atoms with Gasteiger partial charge in [0.1, 0.15) is 28.8 Å². The first-order valence-corrected chi connectivity index (χ1v) is 9.67. The van der Waals surface area contributed by atoms with E-state index in [-0.39, 0.29) is 18.1 Å². The van der Waals surface area contributed by atoms with Crippen LogP contribution in [0.2, 0.25) is 0 Å². The van der Waals surface area contributed by atoms with Gasteiger partial charge >= 0.3 is 0 Å². The van der Waals surface area contributed by atoms with Crippen LogP contribution in [0, 0.1) is 0 Å². The molecule has 1 unspecified atom stereocenters. The second-order valence-electron chi connectivity index (χ2n) is 5.61. The molecule has 0 bridgehead atoms. The molecule has 3 heteroatoms. The zero-order valence-electron chi connectivity index (χ0n) is 13.5. The van der Waals surface area contributed by atoms with Crippen molar-refractivity contribution < 1.29 is 17.2 Å². The molecular weight excluding hydrogens is 335 g/mol. The van der Waals surface area contributed by atoms with Crippen molar-refractivity contribution in [1.29, 1.82) is 0 Å². The fourth-order valence-electron chi connectivity index (χ4n) is 3.23. The molecule has 0 aromatic heterocycles. The van der Waals surface area contributed by atoms with E-state index < -0.39 is 7.26 Å². The van der Waals surface area contributed by atoms with Gasteiger partial charge in [-0.15, -0.1) is 0 Å². The van der Waals surface area contributed by atoms with E-state index in [2.05, 4.69) is 72.8 Å². The van der Waals surface area contributed by atoms with Gasteiger partial charge in [0, 0.05) is 0 Å². The molecule has 0 aliphatic carbocycles. The molecule has 1 atom stereocenters. The first-order chi connectivity index (χ1) is 11.3. The van der Waals surface area contributed by atoms with Gasteiger partial charge in [0.15, 0.2) is 6.29 Å². The van der Waals surface area contributed by atoms with Crippen LogP contribution in [0.3, 0.4) is 0 Å². The van der Waals surface area contributed by atoms with E-state index >= 15 is 0 Å². The number of aldehydes is 1. The molecule has 24 heavy (non-hydrogen) atoms. The molecule has 0 amide bonds. The first kappa shape index (κ1) is 18.4. The second kappa shape index (κ2) is 8.24. The molecule has 0 fully saturated rings. The molecule has 0 aliphatic rings. The highest BCUT2D eigenvalue weighted by molar-refractivity contribution is 7.96. The molecule has 3 rings (SSSR count). The molecule has 0 saturated heterocycles. The number of carbonyl (C=O) groups excluding carboxylic acids is 1. The predicted molar refractivity (Wildman–Crippen MR) is 101 cm³/mol. The normalized spacial score (nSPS) is 12.0. The van der Waals surface area contributed by atoms with E-state index in [1.165, 1.54) is 15.9 Å². The van der Waals surface area contributed by atoms with E-state index in [0.717, 1.165) is 6.29 Å². The van der Waals surface area contributed by atoms with E-state index in [1.807, 2.05) is 25.1 Å². The molecule has 0 heterocycles. The van der Waals surface area contributed by atoms with Crippen molar-refractivity contribution in [2.45, 2.75) is 12.6 Å². The minimum absolute atomic E-state index is 0. The van der Waals surface area contributed by atoms with Crippen molar-refractivity contribution in [3.05, 3.63) is 91.0 Å². The van der Waals surface area contributed by atoms with Gasteiger partial charge in [-0.05, 0) is 43.3 Å². The summed E-state index contributed by atoms with van der Waals surface area (Å²) in [5.74, 6) is 0. The molecule has 0 aliphatic heterocycles. The van der Waals surface area contributed by atoms with Crippen LogP contribution in [0.4, 0.5) is 0 Å². The first-order valence-electron chi connectivity index (χ1n) is 7.81. The Labute approximate surface area is 150 Å². The van der Waals surface area contributed by atoms with Gasteiger partial charge in [-0.3, -0.25) is 4.79 Å². The van der Waals surface area contributed by atoms with Gasteiger partial charge < -0.3 is 12.4 Å². The maximum atomic E-state index is 11.9. The van der Waals surface area contributed by atoms with E-state index in [9.17, 15) is 4.79 Å². The van der Waals surface area contributed by atoms with Crippen molar-refractivity contribution in [3.63, 3.8) is 0 Å². The van der Waals surface area contributed by atoms with Crippen molar-refractivity contribution in [2.24, 2.45) is 0 Å². The number of carbonyl (C=O) groups is 1. The average Bonchev–Trinajstić information content (AvgIpc) is 2.65. The molecule has 0 radical (unpaired) electrons. The number of halogens is 1. The fraction of sp³-hybridized carbons (Fsp3) is 0.0952. The molecule has 0 saturated carbocycles. The van der Waals surface area contributed by atoms with Gasteiger partial charge in [-0.25, -0.2) is 0 Å². The van der Waals surface area contributed by atoms with Crippen molar-refractivity contribution in [3.8, 4) is 0 Å².